The summed E-state index contributed by atoms with van der Waals surface area (Å²) in [5.41, 5.74) is 1.95. The Labute approximate surface area is 126 Å². The largest absolute Gasteiger partial charge is 0.268 e. The van der Waals surface area contributed by atoms with Gasteiger partial charge in [0, 0.05) is 11.6 Å². The van der Waals surface area contributed by atoms with Crippen molar-refractivity contribution >= 4 is 10.0 Å². The summed E-state index contributed by atoms with van der Waals surface area (Å²) in [6.07, 6.45) is 0. The van der Waals surface area contributed by atoms with E-state index < -0.39 is 10.0 Å². The van der Waals surface area contributed by atoms with E-state index in [0.29, 0.717) is 11.4 Å². The minimum atomic E-state index is -3.74. The molecule has 0 radical (unpaired) electrons. The molecule has 0 aliphatic carbocycles. The average molecular weight is 315 g/mol. The van der Waals surface area contributed by atoms with Crippen LogP contribution in [0.25, 0.3) is 16.9 Å². The number of hydrogen-bond donors (Lipinski definition) is 2. The lowest BCUT2D eigenvalue weighted by Crippen LogP contribution is -2.12. The van der Waals surface area contributed by atoms with Crippen LogP contribution >= 0.6 is 0 Å². The number of primary sulfonamides is 1. The van der Waals surface area contributed by atoms with E-state index in [4.69, 9.17) is 5.14 Å². The number of sulfonamides is 1. The zero-order chi connectivity index (χ0) is 15.7. The van der Waals surface area contributed by atoms with Crippen molar-refractivity contribution in [3.05, 3.63) is 71.0 Å². The minimum Gasteiger partial charge on any atom is -0.268 e. The molecule has 1 heterocycles. The first-order valence-electron chi connectivity index (χ1n) is 6.46. The van der Waals surface area contributed by atoms with Crippen LogP contribution in [0, 0.1) is 0 Å². The molecule has 3 N–H and O–H groups in total. The van der Waals surface area contributed by atoms with Crippen molar-refractivity contribution in [1.82, 2.24) is 9.78 Å². The van der Waals surface area contributed by atoms with Crippen LogP contribution in [-0.4, -0.2) is 18.2 Å². The van der Waals surface area contributed by atoms with Crippen molar-refractivity contribution in [2.24, 2.45) is 5.14 Å². The Bertz CT molecular complexity index is 955. The van der Waals surface area contributed by atoms with Crippen LogP contribution in [0.15, 0.2) is 70.4 Å². The van der Waals surface area contributed by atoms with E-state index in [9.17, 15) is 13.2 Å². The molecule has 2 aromatic carbocycles. The maximum absolute atomic E-state index is 11.7. The SMILES string of the molecule is NS(=O)(=O)c1ccc(-n2[nH]c(=O)cc2-c2ccccc2)cc1. The van der Waals surface area contributed by atoms with Gasteiger partial charge in [-0.05, 0) is 24.3 Å². The van der Waals surface area contributed by atoms with E-state index >= 15 is 0 Å². The van der Waals surface area contributed by atoms with E-state index in [0.717, 1.165) is 5.56 Å². The first kappa shape index (κ1) is 14.3. The van der Waals surface area contributed by atoms with Gasteiger partial charge in [-0.3, -0.25) is 14.6 Å². The van der Waals surface area contributed by atoms with Gasteiger partial charge in [0.15, 0.2) is 0 Å². The maximum atomic E-state index is 11.7. The Morgan fingerprint density at radius 2 is 1.59 bits per heavy atom. The Morgan fingerprint density at radius 1 is 0.955 bits per heavy atom. The van der Waals surface area contributed by atoms with Crippen molar-refractivity contribution in [3.8, 4) is 16.9 Å². The number of nitrogens with zero attached hydrogens (tertiary/aromatic N) is 1. The molecule has 0 atom stereocenters. The van der Waals surface area contributed by atoms with Crippen LogP contribution in [0.3, 0.4) is 0 Å². The lowest BCUT2D eigenvalue weighted by atomic mass is 10.1. The molecule has 22 heavy (non-hydrogen) atoms. The number of aromatic amines is 1. The van der Waals surface area contributed by atoms with Crippen molar-refractivity contribution < 1.29 is 8.42 Å². The topological polar surface area (TPSA) is 97.9 Å². The standard InChI is InChI=1S/C15H13N3O3S/c16-22(20,21)13-8-6-12(7-9-13)18-14(10-15(19)17-18)11-4-2-1-3-5-11/h1-10H,(H,17,19)(H2,16,20,21). The van der Waals surface area contributed by atoms with Crippen molar-refractivity contribution in [3.63, 3.8) is 0 Å². The molecule has 0 saturated carbocycles. The monoisotopic (exact) mass is 315 g/mol. The zero-order valence-corrected chi connectivity index (χ0v) is 12.2. The Kier molecular flexibility index (Phi) is 3.44. The highest BCUT2D eigenvalue weighted by molar-refractivity contribution is 7.89. The van der Waals surface area contributed by atoms with Crippen LogP contribution in [-0.2, 0) is 10.0 Å². The second-order valence-electron chi connectivity index (χ2n) is 4.75. The summed E-state index contributed by atoms with van der Waals surface area (Å²) in [5.74, 6) is 0. The highest BCUT2D eigenvalue weighted by Crippen LogP contribution is 2.21. The summed E-state index contributed by atoms with van der Waals surface area (Å²) < 4.78 is 24.2. The molecular weight excluding hydrogens is 302 g/mol. The number of H-pyrrole nitrogens is 1. The third-order valence-electron chi connectivity index (χ3n) is 3.22. The molecule has 0 spiro atoms. The zero-order valence-electron chi connectivity index (χ0n) is 11.4. The van der Waals surface area contributed by atoms with Crippen LogP contribution < -0.4 is 10.7 Å². The van der Waals surface area contributed by atoms with E-state index in [1.165, 1.54) is 18.2 Å². The van der Waals surface area contributed by atoms with Gasteiger partial charge in [-0.2, -0.15) is 0 Å². The van der Waals surface area contributed by atoms with Crippen LogP contribution in [0.5, 0.6) is 0 Å². The number of aromatic nitrogens is 2. The van der Waals surface area contributed by atoms with Gasteiger partial charge in [-0.25, -0.2) is 13.6 Å². The summed E-state index contributed by atoms with van der Waals surface area (Å²) in [6, 6.07) is 16.9. The first-order valence-corrected chi connectivity index (χ1v) is 8.00. The first-order chi connectivity index (χ1) is 10.4. The van der Waals surface area contributed by atoms with Crippen molar-refractivity contribution in [2.45, 2.75) is 4.90 Å². The molecule has 7 heteroatoms. The van der Waals surface area contributed by atoms with Gasteiger partial charge in [0.25, 0.3) is 5.56 Å². The quantitative estimate of drug-likeness (QED) is 0.766. The van der Waals surface area contributed by atoms with Crippen LogP contribution in [0.1, 0.15) is 0 Å². The smallest absolute Gasteiger partial charge is 0.265 e. The van der Waals surface area contributed by atoms with E-state index in [1.807, 2.05) is 30.3 Å². The van der Waals surface area contributed by atoms with Crippen LogP contribution in [0.4, 0.5) is 0 Å². The van der Waals surface area contributed by atoms with Gasteiger partial charge in [0.05, 0.1) is 16.3 Å². The highest BCUT2D eigenvalue weighted by atomic mass is 32.2. The highest BCUT2D eigenvalue weighted by Gasteiger charge is 2.11. The second kappa shape index (κ2) is 5.28. The molecule has 0 unspecified atom stereocenters. The summed E-state index contributed by atoms with van der Waals surface area (Å²) in [4.78, 5) is 11.7. The number of benzene rings is 2. The molecule has 3 aromatic rings. The molecule has 0 bridgehead atoms. The molecule has 3 rings (SSSR count). The molecule has 0 amide bonds. The number of nitrogens with one attached hydrogen (secondary N) is 1. The average Bonchev–Trinajstić information content (AvgIpc) is 2.89. The third-order valence-corrected chi connectivity index (χ3v) is 4.15. The third kappa shape index (κ3) is 2.72. The van der Waals surface area contributed by atoms with Gasteiger partial charge in [-0.1, -0.05) is 30.3 Å². The number of rotatable bonds is 3. The van der Waals surface area contributed by atoms with Gasteiger partial charge >= 0.3 is 0 Å². The predicted octanol–water partition coefficient (Wildman–Crippen LogP) is 1.48. The Morgan fingerprint density at radius 3 is 2.18 bits per heavy atom. The second-order valence-corrected chi connectivity index (χ2v) is 6.31. The summed E-state index contributed by atoms with van der Waals surface area (Å²) in [6.45, 7) is 0. The molecule has 0 saturated heterocycles. The van der Waals surface area contributed by atoms with Gasteiger partial charge in [0.1, 0.15) is 0 Å². The van der Waals surface area contributed by atoms with E-state index in [2.05, 4.69) is 5.10 Å². The molecular formula is C15H13N3O3S. The predicted molar refractivity (Wildman–Crippen MR) is 83.2 cm³/mol. The summed E-state index contributed by atoms with van der Waals surface area (Å²) in [5, 5.41) is 7.78. The van der Waals surface area contributed by atoms with Crippen LogP contribution in [0.2, 0.25) is 0 Å². The lowest BCUT2D eigenvalue weighted by Gasteiger charge is -2.09. The van der Waals surface area contributed by atoms with Crippen molar-refractivity contribution in [1.29, 1.82) is 0 Å². The number of nitrogens with two attached hydrogens (primary N) is 1. The summed E-state index contributed by atoms with van der Waals surface area (Å²) in [7, 11) is -3.74. The molecule has 112 valence electrons. The Balaban J connectivity index is 2.12. The van der Waals surface area contributed by atoms with E-state index in [1.54, 1.807) is 16.8 Å². The number of hydrogen-bond acceptors (Lipinski definition) is 3. The Hall–Kier alpha value is -2.64. The fraction of sp³-hybridized carbons (Fsp3) is 0. The van der Waals surface area contributed by atoms with E-state index in [-0.39, 0.29) is 10.5 Å². The minimum absolute atomic E-state index is 0.0204. The molecule has 6 nitrogen and oxygen atoms in total. The van der Waals surface area contributed by atoms with Crippen molar-refractivity contribution in [2.75, 3.05) is 0 Å². The molecule has 0 fully saturated rings. The van der Waals surface area contributed by atoms with Gasteiger partial charge < -0.3 is 0 Å². The maximum Gasteiger partial charge on any atom is 0.265 e. The fourth-order valence-corrected chi connectivity index (χ4v) is 2.72. The molecule has 1 aromatic heterocycles. The fourth-order valence-electron chi connectivity index (χ4n) is 2.20. The normalized spacial score (nSPS) is 11.5. The summed E-state index contributed by atoms with van der Waals surface area (Å²) >= 11 is 0. The van der Waals surface area contributed by atoms with Gasteiger partial charge in [-0.15, -0.1) is 0 Å². The molecule has 0 aliphatic heterocycles. The van der Waals surface area contributed by atoms with Gasteiger partial charge in [0.2, 0.25) is 10.0 Å². The molecule has 0 aliphatic rings. The lowest BCUT2D eigenvalue weighted by molar-refractivity contribution is 0.598.